The number of rotatable bonds is 13. The molecule has 2 aliphatic rings. The van der Waals surface area contributed by atoms with Crippen LogP contribution >= 0.6 is 0 Å². The summed E-state index contributed by atoms with van der Waals surface area (Å²) in [6.07, 6.45) is 25.9. The molecule has 2 saturated carbocycles. The van der Waals surface area contributed by atoms with Crippen LogP contribution in [-0.2, 0) is 0 Å². The van der Waals surface area contributed by atoms with E-state index in [4.69, 9.17) is 0 Å². The maximum absolute atomic E-state index is 3.77. The minimum atomic E-state index is 0.848. The molecule has 0 unspecified atom stereocenters. The predicted molar refractivity (Wildman–Crippen MR) is 107 cm³/mol. The van der Waals surface area contributed by atoms with Crippen LogP contribution in [-0.4, -0.2) is 25.2 Å². The fraction of sp³-hybridized carbons (Fsp3) is 1.00. The molecule has 24 heavy (non-hydrogen) atoms. The molecule has 0 bridgehead atoms. The van der Waals surface area contributed by atoms with Crippen LogP contribution in [0, 0.1) is 0 Å². The average molecular weight is 337 g/mol. The minimum Gasteiger partial charge on any atom is -0.314 e. The fourth-order valence-corrected chi connectivity index (χ4v) is 4.54. The van der Waals surface area contributed by atoms with E-state index in [0.29, 0.717) is 0 Å². The van der Waals surface area contributed by atoms with Crippen molar-refractivity contribution in [3.8, 4) is 0 Å². The van der Waals surface area contributed by atoms with E-state index in [1.807, 2.05) is 0 Å². The van der Waals surface area contributed by atoms with Crippen LogP contribution in [0.4, 0.5) is 0 Å². The highest BCUT2D eigenvalue weighted by Gasteiger charge is 2.12. The molecule has 0 atom stereocenters. The first-order valence-corrected chi connectivity index (χ1v) is 11.4. The molecule has 0 saturated heterocycles. The Kier molecular flexibility index (Phi) is 11.9. The third-order valence-electron chi connectivity index (χ3n) is 6.18. The van der Waals surface area contributed by atoms with E-state index >= 15 is 0 Å². The molecule has 0 aliphatic heterocycles. The first-order chi connectivity index (χ1) is 11.9. The molecule has 0 amide bonds. The molecule has 0 heterocycles. The zero-order chi connectivity index (χ0) is 16.7. The molecule has 2 N–H and O–H groups in total. The molecule has 2 heteroatoms. The molecule has 2 aliphatic carbocycles. The SMILES string of the molecule is C(CCCCCNC1CCCCC1)CCCCNC1CCCCC1. The standard InChI is InChI=1S/C22H44N2/c1(3-5-13-19-23-21-15-9-7-10-16-21)2-4-6-14-20-24-22-17-11-8-12-18-22/h21-24H,1-20H2. The van der Waals surface area contributed by atoms with Gasteiger partial charge in [0.2, 0.25) is 0 Å². The first-order valence-electron chi connectivity index (χ1n) is 11.4. The maximum atomic E-state index is 3.77. The summed E-state index contributed by atoms with van der Waals surface area (Å²) in [6, 6.07) is 1.70. The summed E-state index contributed by atoms with van der Waals surface area (Å²) in [4.78, 5) is 0. The second kappa shape index (κ2) is 14.1. The Morgan fingerprint density at radius 3 is 1.12 bits per heavy atom. The van der Waals surface area contributed by atoms with Gasteiger partial charge in [0.25, 0.3) is 0 Å². The number of hydrogen-bond acceptors (Lipinski definition) is 2. The van der Waals surface area contributed by atoms with Crippen molar-refractivity contribution in [1.29, 1.82) is 0 Å². The highest BCUT2D eigenvalue weighted by atomic mass is 14.9. The summed E-state index contributed by atoms with van der Waals surface area (Å²) < 4.78 is 0. The summed E-state index contributed by atoms with van der Waals surface area (Å²) in [7, 11) is 0. The van der Waals surface area contributed by atoms with Gasteiger partial charge in [-0.15, -0.1) is 0 Å². The normalized spacial score (nSPS) is 20.5. The van der Waals surface area contributed by atoms with Gasteiger partial charge in [0.05, 0.1) is 0 Å². The number of hydrogen-bond donors (Lipinski definition) is 2. The molecule has 0 aromatic heterocycles. The summed E-state index contributed by atoms with van der Waals surface area (Å²) in [5, 5.41) is 7.53. The van der Waals surface area contributed by atoms with Gasteiger partial charge in [-0.2, -0.15) is 0 Å². The summed E-state index contributed by atoms with van der Waals surface area (Å²) in [5.41, 5.74) is 0. The van der Waals surface area contributed by atoms with Gasteiger partial charge >= 0.3 is 0 Å². The van der Waals surface area contributed by atoms with Gasteiger partial charge in [-0.3, -0.25) is 0 Å². The summed E-state index contributed by atoms with van der Waals surface area (Å²) in [6.45, 7) is 2.52. The zero-order valence-electron chi connectivity index (χ0n) is 16.3. The summed E-state index contributed by atoms with van der Waals surface area (Å²) in [5.74, 6) is 0. The molecule has 0 spiro atoms. The van der Waals surface area contributed by atoms with E-state index in [2.05, 4.69) is 10.6 Å². The van der Waals surface area contributed by atoms with Crippen molar-refractivity contribution in [2.24, 2.45) is 0 Å². The Hall–Kier alpha value is -0.0800. The van der Waals surface area contributed by atoms with Crippen molar-refractivity contribution in [2.75, 3.05) is 13.1 Å². The maximum Gasteiger partial charge on any atom is 0.00670 e. The minimum absolute atomic E-state index is 0.848. The summed E-state index contributed by atoms with van der Waals surface area (Å²) >= 11 is 0. The smallest absolute Gasteiger partial charge is 0.00670 e. The Bertz CT molecular complexity index is 239. The highest BCUT2D eigenvalue weighted by molar-refractivity contribution is 4.72. The third-order valence-corrected chi connectivity index (χ3v) is 6.18. The Morgan fingerprint density at radius 1 is 0.417 bits per heavy atom. The second-order valence-electron chi connectivity index (χ2n) is 8.41. The first kappa shape index (κ1) is 20.2. The van der Waals surface area contributed by atoms with E-state index < -0.39 is 0 Å². The number of nitrogens with one attached hydrogen (secondary N) is 2. The van der Waals surface area contributed by atoms with Gasteiger partial charge in [-0.25, -0.2) is 0 Å². The Labute approximate surface area is 151 Å². The lowest BCUT2D eigenvalue weighted by Gasteiger charge is -2.22. The molecule has 0 aromatic carbocycles. The van der Waals surface area contributed by atoms with Crippen LogP contribution in [0.5, 0.6) is 0 Å². The van der Waals surface area contributed by atoms with Crippen LogP contribution in [0.2, 0.25) is 0 Å². The lowest BCUT2D eigenvalue weighted by Crippen LogP contribution is -2.31. The van der Waals surface area contributed by atoms with Crippen molar-refractivity contribution in [3.63, 3.8) is 0 Å². The van der Waals surface area contributed by atoms with E-state index in [-0.39, 0.29) is 0 Å². The predicted octanol–water partition coefficient (Wildman–Crippen LogP) is 5.95. The number of unbranched alkanes of at least 4 members (excludes halogenated alkanes) is 7. The lowest BCUT2D eigenvalue weighted by molar-refractivity contribution is 0.368. The lowest BCUT2D eigenvalue weighted by atomic mass is 9.95. The topological polar surface area (TPSA) is 24.1 Å². The van der Waals surface area contributed by atoms with Gasteiger partial charge in [-0.05, 0) is 51.6 Å². The van der Waals surface area contributed by atoms with E-state index in [9.17, 15) is 0 Å². The molecule has 2 fully saturated rings. The van der Waals surface area contributed by atoms with Gasteiger partial charge in [0, 0.05) is 12.1 Å². The van der Waals surface area contributed by atoms with Crippen LogP contribution in [0.3, 0.4) is 0 Å². The average Bonchev–Trinajstić information content (AvgIpc) is 2.64. The third kappa shape index (κ3) is 10.0. The largest absolute Gasteiger partial charge is 0.314 e. The monoisotopic (exact) mass is 336 g/mol. The molecule has 142 valence electrons. The van der Waals surface area contributed by atoms with Gasteiger partial charge in [0.1, 0.15) is 0 Å². The second-order valence-corrected chi connectivity index (χ2v) is 8.41. The molecular formula is C22H44N2. The molecule has 0 radical (unpaired) electrons. The molecule has 2 rings (SSSR count). The van der Waals surface area contributed by atoms with Gasteiger partial charge in [-0.1, -0.05) is 77.0 Å². The van der Waals surface area contributed by atoms with Gasteiger partial charge < -0.3 is 10.6 Å². The quantitative estimate of drug-likeness (QED) is 0.406. The molecule has 2 nitrogen and oxygen atoms in total. The Morgan fingerprint density at radius 2 is 0.750 bits per heavy atom. The van der Waals surface area contributed by atoms with E-state index in [0.717, 1.165) is 12.1 Å². The fourth-order valence-electron chi connectivity index (χ4n) is 4.54. The van der Waals surface area contributed by atoms with Crippen molar-refractivity contribution < 1.29 is 0 Å². The van der Waals surface area contributed by atoms with E-state index in [1.165, 1.54) is 129 Å². The van der Waals surface area contributed by atoms with Crippen LogP contribution in [0.1, 0.15) is 116 Å². The van der Waals surface area contributed by atoms with Crippen molar-refractivity contribution in [3.05, 3.63) is 0 Å². The van der Waals surface area contributed by atoms with Gasteiger partial charge in [0.15, 0.2) is 0 Å². The van der Waals surface area contributed by atoms with Crippen molar-refractivity contribution in [2.45, 2.75) is 128 Å². The van der Waals surface area contributed by atoms with Crippen LogP contribution < -0.4 is 10.6 Å². The van der Waals surface area contributed by atoms with Crippen molar-refractivity contribution in [1.82, 2.24) is 10.6 Å². The molecule has 0 aromatic rings. The highest BCUT2D eigenvalue weighted by Crippen LogP contribution is 2.18. The zero-order valence-corrected chi connectivity index (χ0v) is 16.3. The van der Waals surface area contributed by atoms with Crippen molar-refractivity contribution >= 4 is 0 Å². The molecular weight excluding hydrogens is 292 g/mol. The van der Waals surface area contributed by atoms with E-state index in [1.54, 1.807) is 0 Å². The van der Waals surface area contributed by atoms with Crippen LogP contribution in [0.25, 0.3) is 0 Å². The van der Waals surface area contributed by atoms with Crippen LogP contribution in [0.15, 0.2) is 0 Å². The Balaban J connectivity index is 1.25.